The van der Waals surface area contributed by atoms with Gasteiger partial charge in [-0.3, -0.25) is 0 Å². The summed E-state index contributed by atoms with van der Waals surface area (Å²) in [5.74, 6) is 2.22. The van der Waals surface area contributed by atoms with E-state index in [9.17, 15) is 0 Å². The molecular formula is C17H15Cl2N3O3. The Balaban J connectivity index is 2.17. The maximum absolute atomic E-state index is 6.09. The number of halogens is 2. The van der Waals surface area contributed by atoms with Crippen LogP contribution in [-0.2, 0) is 0 Å². The summed E-state index contributed by atoms with van der Waals surface area (Å²) in [5, 5.41) is 4.57. The SMILES string of the molecule is COc1ccc(Cl)cc1Nc1nc(Cl)nc2cc(OC)c(OC)cc12. The van der Waals surface area contributed by atoms with Gasteiger partial charge in [0.2, 0.25) is 5.28 Å². The molecule has 0 bridgehead atoms. The van der Waals surface area contributed by atoms with Crippen LogP contribution in [0, 0.1) is 0 Å². The van der Waals surface area contributed by atoms with Gasteiger partial charge in [0.05, 0.1) is 32.5 Å². The maximum Gasteiger partial charge on any atom is 0.224 e. The van der Waals surface area contributed by atoms with Gasteiger partial charge in [-0.05, 0) is 35.9 Å². The molecule has 1 N–H and O–H groups in total. The van der Waals surface area contributed by atoms with Crippen molar-refractivity contribution < 1.29 is 14.2 Å². The summed E-state index contributed by atoms with van der Waals surface area (Å²) in [6.45, 7) is 0. The highest BCUT2D eigenvalue weighted by molar-refractivity contribution is 6.31. The van der Waals surface area contributed by atoms with Crippen LogP contribution in [0.1, 0.15) is 0 Å². The summed E-state index contributed by atoms with van der Waals surface area (Å²) in [6, 6.07) is 8.76. The molecule has 0 unspecified atom stereocenters. The van der Waals surface area contributed by atoms with Gasteiger partial charge in [0.1, 0.15) is 11.6 Å². The molecule has 25 heavy (non-hydrogen) atoms. The third-order valence-corrected chi connectivity index (χ3v) is 3.99. The van der Waals surface area contributed by atoms with Crippen molar-refractivity contribution >= 4 is 45.6 Å². The summed E-state index contributed by atoms with van der Waals surface area (Å²) >= 11 is 12.2. The topological polar surface area (TPSA) is 65.5 Å². The first-order chi connectivity index (χ1) is 12.0. The van der Waals surface area contributed by atoms with Crippen molar-refractivity contribution in [3.05, 3.63) is 40.6 Å². The van der Waals surface area contributed by atoms with E-state index in [1.807, 2.05) is 0 Å². The Kier molecular flexibility index (Phi) is 5.01. The minimum absolute atomic E-state index is 0.100. The standard InChI is InChI=1S/C17H15Cl2N3O3/c1-23-13-5-4-9(18)6-12(13)20-16-10-7-14(24-2)15(25-3)8-11(10)21-17(19)22-16/h4-8H,1-3H3,(H,20,21,22). The van der Waals surface area contributed by atoms with E-state index in [0.717, 1.165) is 0 Å². The van der Waals surface area contributed by atoms with Gasteiger partial charge in [0.15, 0.2) is 11.5 Å². The number of fused-ring (bicyclic) bond motifs is 1. The maximum atomic E-state index is 6.09. The van der Waals surface area contributed by atoms with Crippen LogP contribution in [-0.4, -0.2) is 31.3 Å². The Hall–Kier alpha value is -2.44. The summed E-state index contributed by atoms with van der Waals surface area (Å²) in [4.78, 5) is 8.52. The molecule has 0 aliphatic rings. The Morgan fingerprint density at radius 1 is 0.840 bits per heavy atom. The van der Waals surface area contributed by atoms with Gasteiger partial charge in [0, 0.05) is 16.5 Å². The van der Waals surface area contributed by atoms with E-state index in [4.69, 9.17) is 37.4 Å². The summed E-state index contributed by atoms with van der Waals surface area (Å²) in [5.41, 5.74) is 1.27. The van der Waals surface area contributed by atoms with Gasteiger partial charge >= 0.3 is 0 Å². The van der Waals surface area contributed by atoms with Crippen LogP contribution in [0.2, 0.25) is 10.3 Å². The van der Waals surface area contributed by atoms with Crippen LogP contribution in [0.3, 0.4) is 0 Å². The fraction of sp³-hybridized carbons (Fsp3) is 0.176. The second-order valence-corrected chi connectivity index (χ2v) is 5.81. The molecule has 0 fully saturated rings. The summed E-state index contributed by atoms with van der Waals surface area (Å²) in [7, 11) is 4.70. The number of aromatic nitrogens is 2. The van der Waals surface area contributed by atoms with Gasteiger partial charge in [-0.25, -0.2) is 4.98 Å². The molecule has 0 saturated heterocycles. The second kappa shape index (κ2) is 7.21. The molecule has 0 radical (unpaired) electrons. The lowest BCUT2D eigenvalue weighted by molar-refractivity contribution is 0.356. The van der Waals surface area contributed by atoms with E-state index in [1.165, 1.54) is 0 Å². The third kappa shape index (κ3) is 3.50. The molecule has 0 atom stereocenters. The van der Waals surface area contributed by atoms with Crippen molar-refractivity contribution in [2.24, 2.45) is 0 Å². The minimum Gasteiger partial charge on any atom is -0.495 e. The van der Waals surface area contributed by atoms with Crippen LogP contribution >= 0.6 is 23.2 Å². The first-order valence-corrected chi connectivity index (χ1v) is 8.01. The predicted octanol–water partition coefficient (Wildman–Crippen LogP) is 4.71. The van der Waals surface area contributed by atoms with E-state index < -0.39 is 0 Å². The Morgan fingerprint density at radius 2 is 1.52 bits per heavy atom. The third-order valence-electron chi connectivity index (χ3n) is 3.59. The number of hydrogen-bond donors (Lipinski definition) is 1. The molecule has 1 heterocycles. The van der Waals surface area contributed by atoms with Crippen LogP contribution in [0.25, 0.3) is 10.9 Å². The Labute approximate surface area is 154 Å². The van der Waals surface area contributed by atoms with Gasteiger partial charge in [-0.1, -0.05) is 11.6 Å². The molecule has 2 aromatic carbocycles. The largest absolute Gasteiger partial charge is 0.495 e. The fourth-order valence-electron chi connectivity index (χ4n) is 2.43. The van der Waals surface area contributed by atoms with Crippen molar-refractivity contribution in [2.45, 2.75) is 0 Å². The summed E-state index contributed by atoms with van der Waals surface area (Å²) < 4.78 is 16.0. The van der Waals surface area contributed by atoms with Gasteiger partial charge in [0.25, 0.3) is 0 Å². The number of rotatable bonds is 5. The molecule has 0 amide bonds. The molecule has 0 saturated carbocycles. The van der Waals surface area contributed by atoms with Crippen molar-refractivity contribution in [1.82, 2.24) is 9.97 Å². The number of benzene rings is 2. The molecule has 6 nitrogen and oxygen atoms in total. The zero-order valence-corrected chi connectivity index (χ0v) is 15.3. The van der Waals surface area contributed by atoms with Gasteiger partial charge in [-0.15, -0.1) is 0 Å². The molecule has 1 aromatic heterocycles. The molecule has 8 heteroatoms. The second-order valence-electron chi connectivity index (χ2n) is 5.04. The highest BCUT2D eigenvalue weighted by Crippen LogP contribution is 2.37. The lowest BCUT2D eigenvalue weighted by atomic mass is 10.2. The van der Waals surface area contributed by atoms with E-state index in [2.05, 4.69) is 15.3 Å². The molecule has 0 aliphatic heterocycles. The summed E-state index contributed by atoms with van der Waals surface area (Å²) in [6.07, 6.45) is 0. The van der Waals surface area contributed by atoms with Gasteiger partial charge < -0.3 is 19.5 Å². The molecule has 0 aliphatic carbocycles. The first-order valence-electron chi connectivity index (χ1n) is 7.25. The van der Waals surface area contributed by atoms with Crippen molar-refractivity contribution in [3.8, 4) is 17.2 Å². The lowest BCUT2D eigenvalue weighted by Crippen LogP contribution is -2.00. The monoisotopic (exact) mass is 379 g/mol. The zero-order chi connectivity index (χ0) is 18.0. The first kappa shape index (κ1) is 17.4. The number of nitrogens with one attached hydrogen (secondary N) is 1. The van der Waals surface area contributed by atoms with Crippen molar-refractivity contribution in [3.63, 3.8) is 0 Å². The van der Waals surface area contributed by atoms with Crippen molar-refractivity contribution in [2.75, 3.05) is 26.6 Å². The minimum atomic E-state index is 0.100. The highest BCUT2D eigenvalue weighted by atomic mass is 35.5. The van der Waals surface area contributed by atoms with E-state index in [-0.39, 0.29) is 5.28 Å². The lowest BCUT2D eigenvalue weighted by Gasteiger charge is -2.14. The molecule has 130 valence electrons. The molecular weight excluding hydrogens is 365 g/mol. The number of nitrogens with zero attached hydrogens (tertiary/aromatic N) is 2. The Bertz CT molecular complexity index is 935. The normalized spacial score (nSPS) is 10.6. The Morgan fingerprint density at radius 3 is 2.20 bits per heavy atom. The van der Waals surface area contributed by atoms with E-state index in [1.54, 1.807) is 51.7 Å². The number of anilines is 2. The van der Waals surface area contributed by atoms with E-state index >= 15 is 0 Å². The average molecular weight is 380 g/mol. The highest BCUT2D eigenvalue weighted by Gasteiger charge is 2.14. The molecule has 3 rings (SSSR count). The van der Waals surface area contributed by atoms with Crippen LogP contribution in [0.4, 0.5) is 11.5 Å². The van der Waals surface area contributed by atoms with Gasteiger partial charge in [-0.2, -0.15) is 4.98 Å². The smallest absolute Gasteiger partial charge is 0.224 e. The van der Waals surface area contributed by atoms with Crippen molar-refractivity contribution in [1.29, 1.82) is 0 Å². The van der Waals surface area contributed by atoms with Crippen LogP contribution < -0.4 is 19.5 Å². The number of methoxy groups -OCH3 is 3. The molecule has 3 aromatic rings. The van der Waals surface area contributed by atoms with E-state index in [0.29, 0.717) is 44.7 Å². The quantitative estimate of drug-likeness (QED) is 0.647. The average Bonchev–Trinajstić information content (AvgIpc) is 2.60. The van der Waals surface area contributed by atoms with Crippen LogP contribution in [0.5, 0.6) is 17.2 Å². The fourth-order valence-corrected chi connectivity index (χ4v) is 2.78. The number of hydrogen-bond acceptors (Lipinski definition) is 6. The zero-order valence-electron chi connectivity index (χ0n) is 13.8. The number of ether oxygens (including phenoxy) is 3. The predicted molar refractivity (Wildman–Crippen MR) is 98.9 cm³/mol. The van der Waals surface area contributed by atoms with Crippen LogP contribution in [0.15, 0.2) is 30.3 Å². The molecule has 0 spiro atoms.